The quantitative estimate of drug-likeness (QED) is 0.787. The maximum atomic E-state index is 12.1. The van der Waals surface area contributed by atoms with Crippen molar-refractivity contribution in [1.82, 2.24) is 10.6 Å². The second kappa shape index (κ2) is 8.64. The lowest BCUT2D eigenvalue weighted by atomic mass is 10.1. The van der Waals surface area contributed by atoms with E-state index in [4.69, 9.17) is 0 Å². The van der Waals surface area contributed by atoms with E-state index >= 15 is 0 Å². The standard InChI is InChI=1S/C19H21BrN2O2/c1-3-13(2)22-19(24)15-9-7-14(8-10-15)12-21-18(23)16-5-4-6-17(20)11-16/h4-11,13H,3,12H2,1-2H3,(H,21,23)(H,22,24). The summed E-state index contributed by atoms with van der Waals surface area (Å²) in [5.41, 5.74) is 2.17. The molecule has 0 aromatic heterocycles. The van der Waals surface area contributed by atoms with Gasteiger partial charge >= 0.3 is 0 Å². The van der Waals surface area contributed by atoms with Gasteiger partial charge in [-0.2, -0.15) is 0 Å². The fraction of sp³-hybridized carbons (Fsp3) is 0.263. The predicted octanol–water partition coefficient (Wildman–Crippen LogP) is 3.91. The van der Waals surface area contributed by atoms with Gasteiger partial charge in [-0.15, -0.1) is 0 Å². The van der Waals surface area contributed by atoms with Gasteiger partial charge in [-0.05, 0) is 49.2 Å². The first-order valence-corrected chi connectivity index (χ1v) is 8.72. The maximum Gasteiger partial charge on any atom is 0.251 e. The van der Waals surface area contributed by atoms with Crippen LogP contribution in [0.15, 0.2) is 53.0 Å². The van der Waals surface area contributed by atoms with Crippen LogP contribution in [0, 0.1) is 0 Å². The largest absolute Gasteiger partial charge is 0.350 e. The van der Waals surface area contributed by atoms with Crippen LogP contribution in [0.25, 0.3) is 0 Å². The zero-order valence-electron chi connectivity index (χ0n) is 13.8. The fourth-order valence-electron chi connectivity index (χ4n) is 2.10. The molecule has 2 rings (SSSR count). The zero-order valence-corrected chi connectivity index (χ0v) is 15.4. The van der Waals surface area contributed by atoms with Gasteiger partial charge in [-0.3, -0.25) is 9.59 Å². The van der Waals surface area contributed by atoms with E-state index < -0.39 is 0 Å². The highest BCUT2D eigenvalue weighted by Gasteiger charge is 2.09. The average Bonchev–Trinajstić information content (AvgIpc) is 2.59. The molecule has 0 aliphatic heterocycles. The van der Waals surface area contributed by atoms with Crippen molar-refractivity contribution in [3.8, 4) is 0 Å². The van der Waals surface area contributed by atoms with Gasteiger partial charge in [0.1, 0.15) is 0 Å². The van der Waals surface area contributed by atoms with Gasteiger partial charge < -0.3 is 10.6 Å². The molecule has 1 unspecified atom stereocenters. The highest BCUT2D eigenvalue weighted by atomic mass is 79.9. The van der Waals surface area contributed by atoms with Crippen LogP contribution < -0.4 is 10.6 Å². The van der Waals surface area contributed by atoms with Crippen LogP contribution in [0.5, 0.6) is 0 Å². The first-order chi connectivity index (χ1) is 11.5. The molecule has 0 spiro atoms. The molecule has 2 amide bonds. The Hall–Kier alpha value is -2.14. The molecule has 5 heteroatoms. The summed E-state index contributed by atoms with van der Waals surface area (Å²) in [6, 6.07) is 14.7. The van der Waals surface area contributed by atoms with Gasteiger partial charge in [-0.1, -0.05) is 41.1 Å². The molecule has 0 aliphatic carbocycles. The van der Waals surface area contributed by atoms with Crippen molar-refractivity contribution in [2.24, 2.45) is 0 Å². The Morgan fingerprint density at radius 1 is 1.04 bits per heavy atom. The monoisotopic (exact) mass is 388 g/mol. The topological polar surface area (TPSA) is 58.2 Å². The molecular formula is C19H21BrN2O2. The summed E-state index contributed by atoms with van der Waals surface area (Å²) in [5, 5.41) is 5.80. The van der Waals surface area contributed by atoms with Gasteiger partial charge in [0.2, 0.25) is 0 Å². The number of nitrogens with one attached hydrogen (secondary N) is 2. The Labute approximate surface area is 150 Å². The van der Waals surface area contributed by atoms with Crippen molar-refractivity contribution in [3.63, 3.8) is 0 Å². The maximum absolute atomic E-state index is 12.1. The van der Waals surface area contributed by atoms with Gasteiger partial charge in [0, 0.05) is 28.2 Å². The van der Waals surface area contributed by atoms with E-state index in [0.717, 1.165) is 16.5 Å². The number of halogens is 1. The minimum absolute atomic E-state index is 0.0749. The van der Waals surface area contributed by atoms with E-state index in [0.29, 0.717) is 17.7 Å². The van der Waals surface area contributed by atoms with E-state index in [1.807, 2.05) is 38.1 Å². The fourth-order valence-corrected chi connectivity index (χ4v) is 2.50. The van der Waals surface area contributed by atoms with Crippen LogP contribution >= 0.6 is 15.9 Å². The molecule has 0 heterocycles. The number of hydrogen-bond donors (Lipinski definition) is 2. The zero-order chi connectivity index (χ0) is 17.5. The molecule has 0 saturated carbocycles. The van der Waals surface area contributed by atoms with Gasteiger partial charge in [0.05, 0.1) is 0 Å². The average molecular weight is 389 g/mol. The summed E-state index contributed by atoms with van der Waals surface area (Å²) >= 11 is 3.35. The van der Waals surface area contributed by atoms with E-state index in [1.165, 1.54) is 0 Å². The van der Waals surface area contributed by atoms with Crippen molar-refractivity contribution < 1.29 is 9.59 Å². The smallest absolute Gasteiger partial charge is 0.251 e. The van der Waals surface area contributed by atoms with Crippen LogP contribution in [0.1, 0.15) is 46.5 Å². The predicted molar refractivity (Wildman–Crippen MR) is 99.0 cm³/mol. The molecule has 2 aromatic rings. The molecule has 0 bridgehead atoms. The lowest BCUT2D eigenvalue weighted by Gasteiger charge is -2.11. The van der Waals surface area contributed by atoms with Gasteiger partial charge in [0.15, 0.2) is 0 Å². The van der Waals surface area contributed by atoms with Crippen LogP contribution in [-0.4, -0.2) is 17.9 Å². The number of rotatable bonds is 6. The molecule has 0 radical (unpaired) electrons. The number of benzene rings is 2. The molecule has 0 aliphatic rings. The third-order valence-electron chi connectivity index (χ3n) is 3.75. The number of hydrogen-bond acceptors (Lipinski definition) is 2. The van der Waals surface area contributed by atoms with Crippen LogP contribution in [0.4, 0.5) is 0 Å². The minimum Gasteiger partial charge on any atom is -0.350 e. The second-order valence-electron chi connectivity index (χ2n) is 5.67. The summed E-state index contributed by atoms with van der Waals surface area (Å²) in [4.78, 5) is 24.1. The molecule has 24 heavy (non-hydrogen) atoms. The summed E-state index contributed by atoms with van der Waals surface area (Å²) in [6.07, 6.45) is 0.894. The molecule has 0 fully saturated rings. The molecule has 0 saturated heterocycles. The molecule has 1 atom stereocenters. The van der Waals surface area contributed by atoms with Crippen molar-refractivity contribution in [3.05, 3.63) is 69.7 Å². The molecule has 2 aromatic carbocycles. The van der Waals surface area contributed by atoms with E-state index in [1.54, 1.807) is 24.3 Å². The summed E-state index contributed by atoms with van der Waals surface area (Å²) < 4.78 is 0.867. The van der Waals surface area contributed by atoms with Crippen LogP contribution in [0.2, 0.25) is 0 Å². The summed E-state index contributed by atoms with van der Waals surface area (Å²) in [5.74, 6) is -0.205. The van der Waals surface area contributed by atoms with E-state index in [2.05, 4.69) is 26.6 Å². The molecule has 2 N–H and O–H groups in total. The van der Waals surface area contributed by atoms with Crippen LogP contribution in [0.3, 0.4) is 0 Å². The molecule has 126 valence electrons. The van der Waals surface area contributed by atoms with Crippen molar-refractivity contribution in [1.29, 1.82) is 0 Å². The van der Waals surface area contributed by atoms with Crippen LogP contribution in [-0.2, 0) is 6.54 Å². The Balaban J connectivity index is 1.92. The Kier molecular flexibility index (Phi) is 6.55. The first-order valence-electron chi connectivity index (χ1n) is 7.93. The number of carbonyl (C=O) groups excluding carboxylic acids is 2. The highest BCUT2D eigenvalue weighted by Crippen LogP contribution is 2.12. The van der Waals surface area contributed by atoms with E-state index in [-0.39, 0.29) is 17.9 Å². The Morgan fingerprint density at radius 3 is 2.38 bits per heavy atom. The van der Waals surface area contributed by atoms with Gasteiger partial charge in [-0.25, -0.2) is 0 Å². The highest BCUT2D eigenvalue weighted by molar-refractivity contribution is 9.10. The van der Waals surface area contributed by atoms with Crippen molar-refractivity contribution >= 4 is 27.7 Å². The third kappa shape index (κ3) is 5.20. The van der Waals surface area contributed by atoms with Crippen molar-refractivity contribution in [2.75, 3.05) is 0 Å². The van der Waals surface area contributed by atoms with E-state index in [9.17, 15) is 9.59 Å². The normalized spacial score (nSPS) is 11.6. The van der Waals surface area contributed by atoms with Gasteiger partial charge in [0.25, 0.3) is 11.8 Å². The lowest BCUT2D eigenvalue weighted by molar-refractivity contribution is 0.0934. The SMILES string of the molecule is CCC(C)NC(=O)c1ccc(CNC(=O)c2cccc(Br)c2)cc1. The molecular weight excluding hydrogens is 368 g/mol. The van der Waals surface area contributed by atoms with Crippen molar-refractivity contribution in [2.45, 2.75) is 32.9 Å². The summed E-state index contributed by atoms with van der Waals surface area (Å²) in [6.45, 7) is 4.42. The lowest BCUT2D eigenvalue weighted by Crippen LogP contribution is -2.31. The first kappa shape index (κ1) is 18.2. The number of carbonyl (C=O) groups is 2. The Morgan fingerprint density at radius 2 is 1.75 bits per heavy atom. The third-order valence-corrected chi connectivity index (χ3v) is 4.24. The Bertz CT molecular complexity index is 714. The minimum atomic E-state index is -0.130. The number of amides is 2. The second-order valence-corrected chi connectivity index (χ2v) is 6.59. The summed E-state index contributed by atoms with van der Waals surface area (Å²) in [7, 11) is 0. The molecule has 4 nitrogen and oxygen atoms in total.